The number of aliphatic carboxylic acids is 1. The van der Waals surface area contributed by atoms with Crippen molar-refractivity contribution < 1.29 is 19.4 Å². The maximum Gasteiger partial charge on any atom is 0.306 e. The topological polar surface area (TPSA) is 68.7 Å². The molecule has 1 N–H and O–H groups in total. The summed E-state index contributed by atoms with van der Waals surface area (Å²) in [6, 6.07) is 27.7. The van der Waals surface area contributed by atoms with Gasteiger partial charge in [-0.05, 0) is 66.8 Å². The number of pyridine rings is 1. The third-order valence-corrected chi connectivity index (χ3v) is 6.13. The van der Waals surface area contributed by atoms with Gasteiger partial charge in [-0.1, -0.05) is 61.9 Å². The first kappa shape index (κ1) is 24.3. The van der Waals surface area contributed by atoms with Gasteiger partial charge >= 0.3 is 5.97 Å². The minimum absolute atomic E-state index is 0.300. The first-order chi connectivity index (χ1) is 17.1. The van der Waals surface area contributed by atoms with E-state index in [0.29, 0.717) is 26.1 Å². The van der Waals surface area contributed by atoms with Gasteiger partial charge in [-0.25, -0.2) is 4.98 Å². The van der Waals surface area contributed by atoms with Gasteiger partial charge in [0.2, 0.25) is 0 Å². The van der Waals surface area contributed by atoms with Crippen molar-refractivity contribution in [1.82, 2.24) is 4.98 Å². The van der Waals surface area contributed by atoms with Gasteiger partial charge < -0.3 is 14.6 Å². The predicted octanol–water partition coefficient (Wildman–Crippen LogP) is 6.83. The zero-order chi connectivity index (χ0) is 24.5. The highest BCUT2D eigenvalue weighted by molar-refractivity contribution is 5.78. The summed E-state index contributed by atoms with van der Waals surface area (Å²) in [6.07, 6.45) is 2.95. The Balaban J connectivity index is 1.31. The van der Waals surface area contributed by atoms with E-state index in [2.05, 4.69) is 17.1 Å². The van der Waals surface area contributed by atoms with Crippen LogP contribution in [0.4, 0.5) is 0 Å². The van der Waals surface area contributed by atoms with Crippen molar-refractivity contribution in [3.8, 4) is 11.5 Å². The average molecular weight is 470 g/mol. The van der Waals surface area contributed by atoms with Gasteiger partial charge in [0.25, 0.3) is 0 Å². The van der Waals surface area contributed by atoms with E-state index in [1.165, 1.54) is 0 Å². The van der Waals surface area contributed by atoms with E-state index in [0.717, 1.165) is 52.1 Å². The highest BCUT2D eigenvalue weighted by Crippen LogP contribution is 2.22. The summed E-state index contributed by atoms with van der Waals surface area (Å²) in [6.45, 7) is 2.85. The molecule has 0 aliphatic carbocycles. The number of para-hydroxylation sites is 1. The average Bonchev–Trinajstić information content (AvgIpc) is 2.89. The SMILES string of the molecule is CCCC(CCc1ccccc1COc1ccc(OCc2ccc3ccccc3n2)cc1)C(=O)O. The molecule has 0 fully saturated rings. The molecule has 3 aromatic carbocycles. The molecular weight excluding hydrogens is 438 g/mol. The molecule has 0 radical (unpaired) electrons. The summed E-state index contributed by atoms with van der Waals surface area (Å²) >= 11 is 0. The Kier molecular flexibility index (Phi) is 8.34. The maximum absolute atomic E-state index is 11.5. The lowest BCUT2D eigenvalue weighted by Gasteiger charge is -2.14. The van der Waals surface area contributed by atoms with Gasteiger partial charge in [0.15, 0.2) is 0 Å². The molecule has 5 nitrogen and oxygen atoms in total. The number of carboxylic acids is 1. The van der Waals surface area contributed by atoms with Gasteiger partial charge in [-0.2, -0.15) is 0 Å². The normalized spacial score (nSPS) is 11.8. The lowest BCUT2D eigenvalue weighted by Crippen LogP contribution is -2.14. The Labute approximate surface area is 206 Å². The minimum atomic E-state index is -0.709. The Morgan fingerprint density at radius 1 is 0.800 bits per heavy atom. The second kappa shape index (κ2) is 12.0. The fourth-order valence-corrected chi connectivity index (χ4v) is 4.15. The van der Waals surface area contributed by atoms with Crippen LogP contribution in [-0.2, 0) is 24.4 Å². The number of carbonyl (C=O) groups is 1. The highest BCUT2D eigenvalue weighted by Gasteiger charge is 2.16. The van der Waals surface area contributed by atoms with Gasteiger partial charge in [0, 0.05) is 5.39 Å². The zero-order valence-electron chi connectivity index (χ0n) is 20.0. The van der Waals surface area contributed by atoms with E-state index in [1.54, 1.807) is 0 Å². The van der Waals surface area contributed by atoms with E-state index in [1.807, 2.05) is 79.7 Å². The summed E-state index contributed by atoms with van der Waals surface area (Å²) in [5, 5.41) is 10.5. The number of nitrogens with zero attached hydrogens (tertiary/aromatic N) is 1. The van der Waals surface area contributed by atoms with Gasteiger partial charge in [-0.3, -0.25) is 4.79 Å². The van der Waals surface area contributed by atoms with Crippen LogP contribution in [0.25, 0.3) is 10.9 Å². The summed E-state index contributed by atoms with van der Waals surface area (Å²) in [5.41, 5.74) is 4.06. The summed E-state index contributed by atoms with van der Waals surface area (Å²) in [5.74, 6) is 0.499. The minimum Gasteiger partial charge on any atom is -0.489 e. The van der Waals surface area contributed by atoms with Crippen LogP contribution in [0.3, 0.4) is 0 Å². The number of hydrogen-bond donors (Lipinski definition) is 1. The van der Waals surface area contributed by atoms with Crippen LogP contribution in [0.2, 0.25) is 0 Å². The molecule has 4 rings (SSSR count). The molecule has 4 aromatic rings. The summed E-state index contributed by atoms with van der Waals surface area (Å²) in [4.78, 5) is 16.1. The number of ether oxygens (including phenoxy) is 2. The van der Waals surface area contributed by atoms with Crippen molar-refractivity contribution in [3.63, 3.8) is 0 Å². The van der Waals surface area contributed by atoms with Crippen LogP contribution in [-0.4, -0.2) is 16.1 Å². The first-order valence-corrected chi connectivity index (χ1v) is 12.1. The molecule has 1 heterocycles. The Bertz CT molecular complexity index is 1250. The standard InChI is InChI=1S/C30H31NO4/c1-2-7-24(30(32)33)13-12-22-8-3-4-10-25(22)20-34-27-16-18-28(19-17-27)35-21-26-15-14-23-9-5-6-11-29(23)31-26/h3-6,8-11,14-19,24H,2,7,12-13,20-21H2,1H3,(H,32,33). The van der Waals surface area contributed by atoms with Crippen LogP contribution < -0.4 is 9.47 Å². The number of hydrogen-bond acceptors (Lipinski definition) is 4. The number of carboxylic acid groups (broad SMARTS) is 1. The highest BCUT2D eigenvalue weighted by atomic mass is 16.5. The van der Waals surface area contributed by atoms with Gasteiger partial charge in [-0.15, -0.1) is 0 Å². The predicted molar refractivity (Wildman–Crippen MR) is 138 cm³/mol. The molecule has 1 atom stereocenters. The molecule has 0 saturated heterocycles. The largest absolute Gasteiger partial charge is 0.489 e. The van der Waals surface area contributed by atoms with E-state index >= 15 is 0 Å². The van der Waals surface area contributed by atoms with Crippen molar-refractivity contribution in [2.24, 2.45) is 5.92 Å². The fraction of sp³-hybridized carbons (Fsp3) is 0.267. The van der Waals surface area contributed by atoms with Crippen molar-refractivity contribution in [3.05, 3.63) is 102 Å². The van der Waals surface area contributed by atoms with Crippen LogP contribution >= 0.6 is 0 Å². The van der Waals surface area contributed by atoms with Gasteiger partial charge in [0.05, 0.1) is 17.1 Å². The Morgan fingerprint density at radius 2 is 1.46 bits per heavy atom. The molecule has 1 unspecified atom stereocenters. The van der Waals surface area contributed by atoms with Gasteiger partial charge in [0.1, 0.15) is 24.7 Å². The molecule has 35 heavy (non-hydrogen) atoms. The quantitative estimate of drug-likeness (QED) is 0.246. The third-order valence-electron chi connectivity index (χ3n) is 6.13. The Hall–Kier alpha value is -3.86. The summed E-state index contributed by atoms with van der Waals surface area (Å²) < 4.78 is 11.9. The van der Waals surface area contributed by atoms with Crippen LogP contribution in [0.15, 0.2) is 84.9 Å². The summed E-state index contributed by atoms with van der Waals surface area (Å²) in [7, 11) is 0. The molecule has 0 saturated carbocycles. The lowest BCUT2D eigenvalue weighted by molar-refractivity contribution is -0.142. The van der Waals surface area contributed by atoms with E-state index in [4.69, 9.17) is 9.47 Å². The molecule has 0 aliphatic heterocycles. The van der Waals surface area contributed by atoms with Crippen molar-refractivity contribution in [1.29, 1.82) is 0 Å². The number of fused-ring (bicyclic) bond motifs is 1. The third kappa shape index (κ3) is 6.82. The van der Waals surface area contributed by atoms with Crippen LogP contribution in [0.1, 0.15) is 43.0 Å². The Morgan fingerprint density at radius 3 is 2.17 bits per heavy atom. The number of aryl methyl sites for hydroxylation is 1. The molecule has 1 aromatic heterocycles. The molecule has 0 bridgehead atoms. The number of aromatic nitrogens is 1. The zero-order valence-corrected chi connectivity index (χ0v) is 20.0. The molecule has 5 heteroatoms. The van der Waals surface area contributed by atoms with Crippen LogP contribution in [0.5, 0.6) is 11.5 Å². The number of benzene rings is 3. The van der Waals surface area contributed by atoms with E-state index in [-0.39, 0.29) is 5.92 Å². The molecule has 0 aliphatic rings. The smallest absolute Gasteiger partial charge is 0.306 e. The molecular formula is C30H31NO4. The molecule has 0 amide bonds. The second-order valence-electron chi connectivity index (χ2n) is 8.68. The van der Waals surface area contributed by atoms with E-state index in [9.17, 15) is 9.90 Å². The lowest BCUT2D eigenvalue weighted by atomic mass is 9.94. The maximum atomic E-state index is 11.5. The number of rotatable bonds is 12. The fourth-order valence-electron chi connectivity index (χ4n) is 4.15. The molecule has 0 spiro atoms. The van der Waals surface area contributed by atoms with Crippen molar-refractivity contribution >= 4 is 16.9 Å². The molecule has 180 valence electrons. The first-order valence-electron chi connectivity index (χ1n) is 12.1. The van der Waals surface area contributed by atoms with Crippen molar-refractivity contribution in [2.45, 2.75) is 45.8 Å². The second-order valence-corrected chi connectivity index (χ2v) is 8.68. The van der Waals surface area contributed by atoms with Crippen molar-refractivity contribution in [2.75, 3.05) is 0 Å². The van der Waals surface area contributed by atoms with E-state index < -0.39 is 5.97 Å². The monoisotopic (exact) mass is 469 g/mol. The van der Waals surface area contributed by atoms with Crippen LogP contribution in [0, 0.1) is 5.92 Å².